The molecule has 0 amide bonds. The van der Waals surface area contributed by atoms with Crippen molar-refractivity contribution in [1.82, 2.24) is 19.5 Å². The summed E-state index contributed by atoms with van der Waals surface area (Å²) in [5.41, 5.74) is 8.89. The standard InChI is InChI=1S/C45H30N4O/c1-2-3-25-39-41(31-18-9-5-10-19-31)42-35(23-15-26-40(42)50-39)44-46-43(32-20-11-6-12-21-32)47-45(48-44)49-37-24-14-13-22-34(37)36-29-33(27-28-38(36)49)30-16-7-4-8-17-30/h2-29H,1H2/b25-3-. The number of nitrogens with zero attached hydrogens (tertiary/aromatic N) is 4. The molecule has 0 N–H and O–H groups in total. The molecule has 0 bridgehead atoms. The minimum Gasteiger partial charge on any atom is -0.456 e. The second-order valence-electron chi connectivity index (χ2n) is 12.1. The first kappa shape index (κ1) is 29.3. The fraction of sp³-hybridized carbons (Fsp3) is 0. The van der Waals surface area contributed by atoms with Gasteiger partial charge in [-0.1, -0.05) is 146 Å². The lowest BCUT2D eigenvalue weighted by molar-refractivity contribution is 0.605. The zero-order valence-electron chi connectivity index (χ0n) is 27.1. The minimum atomic E-state index is 0.543. The topological polar surface area (TPSA) is 56.7 Å². The lowest BCUT2D eigenvalue weighted by Crippen LogP contribution is -2.06. The van der Waals surface area contributed by atoms with Crippen LogP contribution in [-0.2, 0) is 0 Å². The van der Waals surface area contributed by atoms with Crippen molar-refractivity contribution in [3.63, 3.8) is 0 Å². The average molecular weight is 643 g/mol. The van der Waals surface area contributed by atoms with Crippen molar-refractivity contribution in [2.24, 2.45) is 0 Å². The Morgan fingerprint density at radius 3 is 1.96 bits per heavy atom. The zero-order chi connectivity index (χ0) is 33.4. The molecule has 0 unspecified atom stereocenters. The van der Waals surface area contributed by atoms with Crippen LogP contribution in [0.3, 0.4) is 0 Å². The van der Waals surface area contributed by atoms with Crippen molar-refractivity contribution in [3.8, 4) is 51.0 Å². The molecule has 3 heterocycles. The second-order valence-corrected chi connectivity index (χ2v) is 12.1. The van der Waals surface area contributed by atoms with Crippen LogP contribution in [0, 0.1) is 0 Å². The molecule has 0 aliphatic rings. The first-order valence-electron chi connectivity index (χ1n) is 16.6. The van der Waals surface area contributed by atoms with Crippen molar-refractivity contribution < 1.29 is 4.42 Å². The normalized spacial score (nSPS) is 11.6. The summed E-state index contributed by atoms with van der Waals surface area (Å²) in [6.45, 7) is 3.88. The SMILES string of the molecule is C=C/C=C\c1oc2cccc(-c3nc(-c4ccccc4)nc(-n4c5ccccc5c5cc(-c6ccccc6)ccc54)n3)c2c1-c1ccccc1. The van der Waals surface area contributed by atoms with E-state index in [1.807, 2.05) is 78.9 Å². The van der Waals surface area contributed by atoms with Crippen LogP contribution in [0.2, 0.25) is 0 Å². The zero-order valence-corrected chi connectivity index (χ0v) is 27.1. The number of benzene rings is 6. The molecule has 9 rings (SSSR count). The van der Waals surface area contributed by atoms with Crippen molar-refractivity contribution in [2.45, 2.75) is 0 Å². The summed E-state index contributed by atoms with van der Waals surface area (Å²) in [7, 11) is 0. The first-order valence-corrected chi connectivity index (χ1v) is 16.6. The number of hydrogen-bond donors (Lipinski definition) is 0. The van der Waals surface area contributed by atoms with E-state index in [4.69, 9.17) is 19.4 Å². The highest BCUT2D eigenvalue weighted by molar-refractivity contribution is 6.10. The van der Waals surface area contributed by atoms with Crippen LogP contribution in [0.15, 0.2) is 175 Å². The maximum Gasteiger partial charge on any atom is 0.238 e. The molecule has 9 aromatic rings. The van der Waals surface area contributed by atoms with Crippen LogP contribution in [0.25, 0.3) is 89.8 Å². The molecule has 0 radical (unpaired) electrons. The number of fused-ring (bicyclic) bond motifs is 4. The van der Waals surface area contributed by atoms with Gasteiger partial charge in [-0.05, 0) is 47.0 Å². The smallest absolute Gasteiger partial charge is 0.238 e. The Kier molecular flexibility index (Phi) is 7.21. The molecular weight excluding hydrogens is 613 g/mol. The van der Waals surface area contributed by atoms with E-state index < -0.39 is 0 Å². The Labute approximate surface area is 289 Å². The molecule has 3 aromatic heterocycles. The number of rotatable bonds is 7. The van der Waals surface area contributed by atoms with E-state index in [1.165, 1.54) is 5.56 Å². The Morgan fingerprint density at radius 1 is 0.540 bits per heavy atom. The summed E-state index contributed by atoms with van der Waals surface area (Å²) in [5.74, 6) is 2.43. The van der Waals surface area contributed by atoms with Crippen molar-refractivity contribution in [1.29, 1.82) is 0 Å². The number of allylic oxidation sites excluding steroid dienone is 2. The van der Waals surface area contributed by atoms with Crippen LogP contribution in [0.5, 0.6) is 0 Å². The largest absolute Gasteiger partial charge is 0.456 e. The Hall–Kier alpha value is -6.85. The summed E-state index contributed by atoms with van der Waals surface area (Å²) in [6.07, 6.45) is 5.60. The molecule has 0 spiro atoms. The van der Waals surface area contributed by atoms with Gasteiger partial charge in [-0.15, -0.1) is 0 Å². The highest BCUT2D eigenvalue weighted by atomic mass is 16.3. The van der Waals surface area contributed by atoms with E-state index in [2.05, 4.69) is 96.1 Å². The van der Waals surface area contributed by atoms with Crippen LogP contribution in [0.1, 0.15) is 5.76 Å². The molecule has 236 valence electrons. The third kappa shape index (κ3) is 5.00. The molecule has 5 nitrogen and oxygen atoms in total. The summed E-state index contributed by atoms with van der Waals surface area (Å²) in [4.78, 5) is 15.6. The Morgan fingerprint density at radius 2 is 1.20 bits per heavy atom. The van der Waals surface area contributed by atoms with Gasteiger partial charge in [-0.25, -0.2) is 4.98 Å². The molecule has 0 aliphatic heterocycles. The predicted octanol–water partition coefficient (Wildman–Crippen LogP) is 11.6. The van der Waals surface area contributed by atoms with Crippen molar-refractivity contribution >= 4 is 38.9 Å². The second kappa shape index (κ2) is 12.3. The van der Waals surface area contributed by atoms with Gasteiger partial charge < -0.3 is 4.42 Å². The van der Waals surface area contributed by atoms with Gasteiger partial charge in [0.15, 0.2) is 11.6 Å². The lowest BCUT2D eigenvalue weighted by atomic mass is 9.97. The summed E-state index contributed by atoms with van der Waals surface area (Å²) in [5, 5.41) is 3.20. The van der Waals surface area contributed by atoms with Gasteiger partial charge in [0.2, 0.25) is 5.95 Å². The highest BCUT2D eigenvalue weighted by Gasteiger charge is 2.23. The molecular formula is C45H30N4O. The van der Waals surface area contributed by atoms with Crippen LogP contribution < -0.4 is 0 Å². The maximum absolute atomic E-state index is 6.49. The van der Waals surface area contributed by atoms with E-state index in [0.717, 1.165) is 66.4 Å². The Bertz CT molecular complexity index is 2710. The van der Waals surface area contributed by atoms with E-state index in [-0.39, 0.29) is 0 Å². The molecule has 50 heavy (non-hydrogen) atoms. The minimum absolute atomic E-state index is 0.543. The fourth-order valence-corrected chi connectivity index (χ4v) is 6.82. The van der Waals surface area contributed by atoms with Gasteiger partial charge >= 0.3 is 0 Å². The van der Waals surface area contributed by atoms with Gasteiger partial charge in [-0.2, -0.15) is 9.97 Å². The maximum atomic E-state index is 6.49. The van der Waals surface area contributed by atoms with Crippen molar-refractivity contribution in [2.75, 3.05) is 0 Å². The summed E-state index contributed by atoms with van der Waals surface area (Å²) >= 11 is 0. The highest BCUT2D eigenvalue weighted by Crippen LogP contribution is 2.41. The van der Waals surface area contributed by atoms with Gasteiger partial charge in [0, 0.05) is 32.8 Å². The molecule has 0 saturated carbocycles. The van der Waals surface area contributed by atoms with Crippen LogP contribution >= 0.6 is 0 Å². The number of para-hydroxylation sites is 1. The van der Waals surface area contributed by atoms with E-state index in [1.54, 1.807) is 6.08 Å². The molecule has 0 atom stereocenters. The van der Waals surface area contributed by atoms with E-state index in [9.17, 15) is 0 Å². The monoisotopic (exact) mass is 642 g/mol. The van der Waals surface area contributed by atoms with Gasteiger partial charge in [0.1, 0.15) is 11.3 Å². The predicted molar refractivity (Wildman–Crippen MR) is 205 cm³/mol. The van der Waals surface area contributed by atoms with Gasteiger partial charge in [0.25, 0.3) is 0 Å². The number of hydrogen-bond acceptors (Lipinski definition) is 4. The van der Waals surface area contributed by atoms with Crippen LogP contribution in [0.4, 0.5) is 0 Å². The summed E-state index contributed by atoms with van der Waals surface area (Å²) in [6, 6.07) is 52.0. The van der Waals surface area contributed by atoms with E-state index in [0.29, 0.717) is 17.6 Å². The average Bonchev–Trinajstić information content (AvgIpc) is 3.73. The van der Waals surface area contributed by atoms with Crippen molar-refractivity contribution in [3.05, 3.63) is 176 Å². The van der Waals surface area contributed by atoms with E-state index >= 15 is 0 Å². The Balaban J connectivity index is 1.34. The quantitative estimate of drug-likeness (QED) is 0.162. The lowest BCUT2D eigenvalue weighted by Gasteiger charge is -2.12. The molecule has 0 fully saturated rings. The van der Waals surface area contributed by atoms with Crippen LogP contribution in [-0.4, -0.2) is 19.5 Å². The fourth-order valence-electron chi connectivity index (χ4n) is 6.82. The first-order chi connectivity index (χ1) is 24.8. The molecule has 5 heteroatoms. The molecule has 6 aromatic carbocycles. The molecule has 0 aliphatic carbocycles. The third-order valence-corrected chi connectivity index (χ3v) is 9.06. The van der Waals surface area contributed by atoms with Gasteiger partial charge in [0.05, 0.1) is 11.0 Å². The molecule has 0 saturated heterocycles. The summed E-state index contributed by atoms with van der Waals surface area (Å²) < 4.78 is 8.64. The number of aromatic nitrogens is 4. The number of furan rings is 1. The third-order valence-electron chi connectivity index (χ3n) is 9.06. The van der Waals surface area contributed by atoms with Gasteiger partial charge in [-0.3, -0.25) is 4.57 Å².